The molecule has 2 aromatic heterocycles. The number of hydrogen-bond donors (Lipinski definition) is 1. The Balaban J connectivity index is 1.41. The van der Waals surface area contributed by atoms with Gasteiger partial charge in [0, 0.05) is 17.7 Å². The number of Topliss-reactive ketones (excluding diaryl/α,β-unsaturated/α-hetero) is 1. The molecule has 3 heterocycles. The third-order valence-electron chi connectivity index (χ3n) is 4.41. The first kappa shape index (κ1) is 17.3. The van der Waals surface area contributed by atoms with E-state index in [4.69, 9.17) is 0 Å². The van der Waals surface area contributed by atoms with E-state index in [0.29, 0.717) is 12.8 Å². The van der Waals surface area contributed by atoms with E-state index in [1.807, 2.05) is 24.0 Å². The molecule has 0 saturated carbocycles. The van der Waals surface area contributed by atoms with Crippen LogP contribution in [-0.4, -0.2) is 42.8 Å². The summed E-state index contributed by atoms with van der Waals surface area (Å²) in [5, 5.41) is 2.11. The van der Waals surface area contributed by atoms with Gasteiger partial charge in [-0.3, -0.25) is 9.59 Å². The maximum absolute atomic E-state index is 12.3. The Kier molecular flexibility index (Phi) is 5.81. The summed E-state index contributed by atoms with van der Waals surface area (Å²) in [7, 11) is 0. The van der Waals surface area contributed by atoms with Gasteiger partial charge in [0.2, 0.25) is 5.91 Å². The summed E-state index contributed by atoms with van der Waals surface area (Å²) in [6.07, 6.45) is 0.650. The molecule has 0 aliphatic carbocycles. The summed E-state index contributed by atoms with van der Waals surface area (Å²) in [4.78, 5) is 31.2. The smallest absolute Gasteiger partial charge is 0.223 e. The van der Waals surface area contributed by atoms with E-state index in [2.05, 4.69) is 17.5 Å². The van der Waals surface area contributed by atoms with Crippen molar-refractivity contribution in [2.24, 2.45) is 0 Å². The highest BCUT2D eigenvalue weighted by atomic mass is 32.1. The number of carbonyl (C=O) groups excluding carboxylic acids is 2. The van der Waals surface area contributed by atoms with Gasteiger partial charge in [0.15, 0.2) is 5.78 Å². The maximum atomic E-state index is 12.3. The first-order valence-corrected chi connectivity index (χ1v) is 10.0. The van der Waals surface area contributed by atoms with Gasteiger partial charge in [-0.15, -0.1) is 22.7 Å². The van der Waals surface area contributed by atoms with Crippen molar-refractivity contribution in [1.29, 1.82) is 0 Å². The second kappa shape index (κ2) is 8.05. The van der Waals surface area contributed by atoms with E-state index in [0.717, 1.165) is 42.5 Å². The first-order chi connectivity index (χ1) is 11.6. The number of quaternary nitrogens is 1. The molecule has 0 spiro atoms. The Morgan fingerprint density at radius 1 is 1.17 bits per heavy atom. The van der Waals surface area contributed by atoms with Gasteiger partial charge >= 0.3 is 0 Å². The van der Waals surface area contributed by atoms with Crippen molar-refractivity contribution >= 4 is 34.4 Å². The number of rotatable bonds is 6. The van der Waals surface area contributed by atoms with Crippen LogP contribution in [0.15, 0.2) is 29.6 Å². The summed E-state index contributed by atoms with van der Waals surface area (Å²) >= 11 is 3.30. The minimum atomic E-state index is 0.0865. The van der Waals surface area contributed by atoms with Crippen molar-refractivity contribution in [3.05, 3.63) is 44.3 Å². The lowest BCUT2D eigenvalue weighted by Crippen LogP contribution is -3.13. The number of nitrogens with zero attached hydrogens (tertiary/aromatic N) is 1. The van der Waals surface area contributed by atoms with Gasteiger partial charge in [-0.25, -0.2) is 0 Å². The van der Waals surface area contributed by atoms with Crippen LogP contribution in [0, 0.1) is 6.92 Å². The maximum Gasteiger partial charge on any atom is 0.223 e. The normalized spacial score (nSPS) is 15.6. The van der Waals surface area contributed by atoms with E-state index in [1.165, 1.54) is 21.1 Å². The number of ketones is 1. The molecule has 0 bridgehead atoms. The summed E-state index contributed by atoms with van der Waals surface area (Å²) in [5.74, 6) is 0.204. The van der Waals surface area contributed by atoms with Gasteiger partial charge < -0.3 is 9.80 Å². The number of aryl methyl sites for hydroxylation is 1. The predicted octanol–water partition coefficient (Wildman–Crippen LogP) is 2.01. The molecule has 2 aromatic rings. The van der Waals surface area contributed by atoms with Crippen molar-refractivity contribution in [1.82, 2.24) is 4.90 Å². The Hall–Kier alpha value is -1.50. The van der Waals surface area contributed by atoms with E-state index in [9.17, 15) is 9.59 Å². The average molecular weight is 364 g/mol. The van der Waals surface area contributed by atoms with Crippen molar-refractivity contribution in [3.8, 4) is 0 Å². The van der Waals surface area contributed by atoms with Crippen LogP contribution in [0.1, 0.15) is 32.3 Å². The molecule has 3 rings (SSSR count). The summed E-state index contributed by atoms with van der Waals surface area (Å²) in [6.45, 7) is 6.61. The third-order valence-corrected chi connectivity index (χ3v) is 6.33. The van der Waals surface area contributed by atoms with Crippen LogP contribution < -0.4 is 4.90 Å². The van der Waals surface area contributed by atoms with Crippen LogP contribution >= 0.6 is 22.7 Å². The average Bonchev–Trinajstić information content (AvgIpc) is 3.24. The number of nitrogens with one attached hydrogen (secondary N) is 1. The summed E-state index contributed by atoms with van der Waals surface area (Å²) in [5.41, 5.74) is 0. The molecule has 0 unspecified atom stereocenters. The standard InChI is InChI=1S/C18H22N2O2S2/c1-14-4-6-17(24-14)16(21)5-7-18(22)20-10-8-19(9-11-20)13-15-3-2-12-23-15/h2-4,6,12H,5,7-11,13H2,1H3/p+1. The van der Waals surface area contributed by atoms with Crippen LogP contribution in [0.3, 0.4) is 0 Å². The fourth-order valence-electron chi connectivity index (χ4n) is 2.99. The van der Waals surface area contributed by atoms with Crippen molar-refractivity contribution < 1.29 is 14.5 Å². The SMILES string of the molecule is Cc1ccc(C(=O)CCC(=O)N2CC[NH+](Cc3cccs3)CC2)s1. The van der Waals surface area contributed by atoms with Gasteiger partial charge in [0.1, 0.15) is 6.54 Å². The lowest BCUT2D eigenvalue weighted by molar-refractivity contribution is -0.917. The summed E-state index contributed by atoms with van der Waals surface area (Å²) in [6, 6.07) is 8.08. The number of hydrogen-bond acceptors (Lipinski definition) is 4. The Morgan fingerprint density at radius 2 is 1.96 bits per heavy atom. The van der Waals surface area contributed by atoms with Gasteiger partial charge in [0.25, 0.3) is 0 Å². The Labute approximate surface area is 150 Å². The molecular formula is C18H23N2O2S2+. The molecular weight excluding hydrogens is 340 g/mol. The Bertz CT molecular complexity index is 686. The number of amides is 1. The monoisotopic (exact) mass is 363 g/mol. The van der Waals surface area contributed by atoms with Crippen molar-refractivity contribution in [2.45, 2.75) is 26.3 Å². The second-order valence-corrected chi connectivity index (χ2v) is 8.54. The highest BCUT2D eigenvalue weighted by molar-refractivity contribution is 7.14. The van der Waals surface area contributed by atoms with Gasteiger partial charge in [-0.05, 0) is 30.5 Å². The highest BCUT2D eigenvalue weighted by Gasteiger charge is 2.24. The molecule has 6 heteroatoms. The largest absolute Gasteiger partial charge is 0.331 e. The Morgan fingerprint density at radius 3 is 2.58 bits per heavy atom. The topological polar surface area (TPSA) is 41.8 Å². The van der Waals surface area contributed by atoms with Gasteiger partial charge in [-0.1, -0.05) is 6.07 Å². The molecule has 1 fully saturated rings. The minimum Gasteiger partial charge on any atom is -0.331 e. The number of carbonyl (C=O) groups is 2. The van der Waals surface area contributed by atoms with Crippen LogP contribution in [-0.2, 0) is 11.3 Å². The van der Waals surface area contributed by atoms with Gasteiger partial charge in [0.05, 0.1) is 35.9 Å². The third kappa shape index (κ3) is 4.53. The molecule has 1 N–H and O–H groups in total. The highest BCUT2D eigenvalue weighted by Crippen LogP contribution is 2.17. The summed E-state index contributed by atoms with van der Waals surface area (Å²) < 4.78 is 0. The molecule has 24 heavy (non-hydrogen) atoms. The first-order valence-electron chi connectivity index (χ1n) is 8.35. The molecule has 0 atom stereocenters. The predicted molar refractivity (Wildman–Crippen MR) is 97.9 cm³/mol. The molecule has 0 radical (unpaired) electrons. The van der Waals surface area contributed by atoms with Crippen LogP contribution in [0.4, 0.5) is 0 Å². The number of thiophene rings is 2. The number of piperazine rings is 1. The second-order valence-electron chi connectivity index (χ2n) is 6.22. The van der Waals surface area contributed by atoms with E-state index >= 15 is 0 Å². The van der Waals surface area contributed by atoms with E-state index < -0.39 is 0 Å². The zero-order valence-corrected chi connectivity index (χ0v) is 15.5. The van der Waals surface area contributed by atoms with Crippen molar-refractivity contribution in [3.63, 3.8) is 0 Å². The molecule has 1 aliphatic heterocycles. The molecule has 128 valence electrons. The molecule has 1 amide bonds. The minimum absolute atomic E-state index is 0.0865. The molecule has 1 aliphatic rings. The quantitative estimate of drug-likeness (QED) is 0.798. The zero-order valence-electron chi connectivity index (χ0n) is 13.9. The van der Waals surface area contributed by atoms with Gasteiger partial charge in [-0.2, -0.15) is 0 Å². The molecule has 0 aromatic carbocycles. The lowest BCUT2D eigenvalue weighted by atomic mass is 10.1. The van der Waals surface area contributed by atoms with Crippen LogP contribution in [0.5, 0.6) is 0 Å². The molecule has 4 nitrogen and oxygen atoms in total. The van der Waals surface area contributed by atoms with Crippen molar-refractivity contribution in [2.75, 3.05) is 26.2 Å². The fourth-order valence-corrected chi connectivity index (χ4v) is 4.61. The van der Waals surface area contributed by atoms with Crippen LogP contribution in [0.25, 0.3) is 0 Å². The lowest BCUT2D eigenvalue weighted by Gasteiger charge is -2.32. The van der Waals surface area contributed by atoms with E-state index in [1.54, 1.807) is 11.3 Å². The van der Waals surface area contributed by atoms with E-state index in [-0.39, 0.29) is 11.7 Å². The van der Waals surface area contributed by atoms with Crippen LogP contribution in [0.2, 0.25) is 0 Å². The fraction of sp³-hybridized carbons (Fsp3) is 0.444. The zero-order chi connectivity index (χ0) is 16.9. The molecule has 1 saturated heterocycles.